The Labute approximate surface area is 119 Å². The summed E-state index contributed by atoms with van der Waals surface area (Å²) in [6.45, 7) is 4.50. The molecule has 0 aliphatic carbocycles. The van der Waals surface area contributed by atoms with Crippen LogP contribution in [0.15, 0.2) is 18.2 Å². The van der Waals surface area contributed by atoms with Crippen molar-refractivity contribution in [3.63, 3.8) is 0 Å². The number of hydrogen-bond acceptors (Lipinski definition) is 3. The Morgan fingerprint density at radius 3 is 2.70 bits per heavy atom. The number of rotatable bonds is 2. The van der Waals surface area contributed by atoms with Crippen LogP contribution >= 0.6 is 0 Å². The van der Waals surface area contributed by atoms with Crippen molar-refractivity contribution < 1.29 is 14.3 Å². The lowest BCUT2D eigenvalue weighted by Crippen LogP contribution is -2.48. The number of methoxy groups -OCH3 is 1. The Kier molecular flexibility index (Phi) is 4.42. The van der Waals surface area contributed by atoms with Gasteiger partial charge in [0.2, 0.25) is 0 Å². The molecule has 20 heavy (non-hydrogen) atoms. The fourth-order valence-corrected chi connectivity index (χ4v) is 2.68. The lowest BCUT2D eigenvalue weighted by Gasteiger charge is -2.34. The molecule has 1 aromatic carbocycles. The molecule has 1 unspecified atom stereocenters. The molecule has 1 amide bonds. The fraction of sp³-hybridized carbons (Fsp3) is 0.500. The van der Waals surface area contributed by atoms with Crippen molar-refractivity contribution in [1.82, 2.24) is 4.90 Å². The van der Waals surface area contributed by atoms with Crippen LogP contribution < -0.4 is 0 Å². The lowest BCUT2D eigenvalue weighted by molar-refractivity contribution is -0.147. The highest BCUT2D eigenvalue weighted by atomic mass is 16.5. The van der Waals surface area contributed by atoms with E-state index in [2.05, 4.69) is 0 Å². The average Bonchev–Trinajstić information content (AvgIpc) is 2.48. The zero-order chi connectivity index (χ0) is 14.7. The second kappa shape index (κ2) is 6.07. The van der Waals surface area contributed by atoms with E-state index in [9.17, 15) is 9.59 Å². The maximum absolute atomic E-state index is 12.7. The van der Waals surface area contributed by atoms with Crippen molar-refractivity contribution in [2.45, 2.75) is 39.2 Å². The molecule has 108 valence electrons. The van der Waals surface area contributed by atoms with Crippen molar-refractivity contribution >= 4 is 11.9 Å². The van der Waals surface area contributed by atoms with Crippen LogP contribution in [-0.4, -0.2) is 36.5 Å². The summed E-state index contributed by atoms with van der Waals surface area (Å²) in [5, 5.41) is 0. The molecule has 0 bridgehead atoms. The maximum atomic E-state index is 12.7. The monoisotopic (exact) mass is 275 g/mol. The van der Waals surface area contributed by atoms with Gasteiger partial charge in [-0.1, -0.05) is 17.7 Å². The molecule has 1 aliphatic rings. The van der Waals surface area contributed by atoms with Gasteiger partial charge in [0.25, 0.3) is 5.91 Å². The summed E-state index contributed by atoms with van der Waals surface area (Å²) in [6.07, 6.45) is 2.57. The van der Waals surface area contributed by atoms with Gasteiger partial charge in [-0.05, 0) is 44.7 Å². The lowest BCUT2D eigenvalue weighted by atomic mass is 9.98. The van der Waals surface area contributed by atoms with Crippen LogP contribution in [0.5, 0.6) is 0 Å². The Hall–Kier alpha value is -1.84. The summed E-state index contributed by atoms with van der Waals surface area (Å²) in [6, 6.07) is 5.38. The number of esters is 1. The van der Waals surface area contributed by atoms with Gasteiger partial charge in [0.05, 0.1) is 7.11 Å². The first-order valence-electron chi connectivity index (χ1n) is 7.00. The summed E-state index contributed by atoms with van der Waals surface area (Å²) in [7, 11) is 1.37. The van der Waals surface area contributed by atoms with Gasteiger partial charge < -0.3 is 9.64 Å². The standard InChI is InChI=1S/C16H21NO3/c1-11-7-8-12(2)13(10-11)15(18)17-9-5-4-6-14(17)16(19)20-3/h7-8,10,14H,4-6,9H2,1-3H3. The average molecular weight is 275 g/mol. The second-order valence-corrected chi connectivity index (χ2v) is 5.35. The van der Waals surface area contributed by atoms with Crippen molar-refractivity contribution in [3.05, 3.63) is 34.9 Å². The normalized spacial score (nSPS) is 18.8. The van der Waals surface area contributed by atoms with Gasteiger partial charge in [-0.15, -0.1) is 0 Å². The highest BCUT2D eigenvalue weighted by Crippen LogP contribution is 2.22. The molecular weight excluding hydrogens is 254 g/mol. The summed E-state index contributed by atoms with van der Waals surface area (Å²) >= 11 is 0. The van der Waals surface area contributed by atoms with Crippen LogP contribution in [0.1, 0.15) is 40.7 Å². The molecule has 0 aromatic heterocycles. The van der Waals surface area contributed by atoms with Gasteiger partial charge in [-0.2, -0.15) is 0 Å². The smallest absolute Gasteiger partial charge is 0.328 e. The summed E-state index contributed by atoms with van der Waals surface area (Å²) < 4.78 is 4.83. The van der Waals surface area contributed by atoms with Crippen LogP contribution in [0.25, 0.3) is 0 Å². The van der Waals surface area contributed by atoms with Gasteiger partial charge in [-0.25, -0.2) is 4.79 Å². The predicted molar refractivity (Wildman–Crippen MR) is 76.6 cm³/mol. The molecule has 1 atom stereocenters. The molecule has 0 N–H and O–H groups in total. The van der Waals surface area contributed by atoms with E-state index in [0.717, 1.165) is 24.0 Å². The summed E-state index contributed by atoms with van der Waals surface area (Å²) in [4.78, 5) is 26.2. The number of ether oxygens (including phenoxy) is 1. The summed E-state index contributed by atoms with van der Waals surface area (Å²) in [5.74, 6) is -0.385. The number of amides is 1. The molecule has 1 heterocycles. The van der Waals surface area contributed by atoms with E-state index in [-0.39, 0.29) is 11.9 Å². The zero-order valence-corrected chi connectivity index (χ0v) is 12.3. The molecule has 4 nitrogen and oxygen atoms in total. The third-order valence-electron chi connectivity index (χ3n) is 3.86. The van der Waals surface area contributed by atoms with Gasteiger partial charge in [0, 0.05) is 12.1 Å². The largest absolute Gasteiger partial charge is 0.467 e. The van der Waals surface area contributed by atoms with Crippen LogP contribution in [-0.2, 0) is 9.53 Å². The zero-order valence-electron chi connectivity index (χ0n) is 12.3. The van der Waals surface area contributed by atoms with Crippen molar-refractivity contribution in [3.8, 4) is 0 Å². The molecule has 1 fully saturated rings. The van der Waals surface area contributed by atoms with Crippen LogP contribution in [0.4, 0.5) is 0 Å². The minimum Gasteiger partial charge on any atom is -0.467 e. The minimum atomic E-state index is -0.443. The van der Waals surface area contributed by atoms with Gasteiger partial charge in [0.15, 0.2) is 0 Å². The number of hydrogen-bond donors (Lipinski definition) is 0. The van der Waals surface area contributed by atoms with Crippen LogP contribution in [0.3, 0.4) is 0 Å². The third-order valence-corrected chi connectivity index (χ3v) is 3.86. The first kappa shape index (κ1) is 14.6. The predicted octanol–water partition coefficient (Wildman–Crippen LogP) is 2.47. The van der Waals surface area contributed by atoms with Gasteiger partial charge >= 0.3 is 5.97 Å². The SMILES string of the molecule is COC(=O)C1CCCCN1C(=O)c1cc(C)ccc1C. The number of aryl methyl sites for hydroxylation is 2. The first-order valence-corrected chi connectivity index (χ1v) is 7.00. The minimum absolute atomic E-state index is 0.0682. The molecule has 0 saturated carbocycles. The topological polar surface area (TPSA) is 46.6 Å². The molecule has 2 rings (SSSR count). The molecule has 0 radical (unpaired) electrons. The molecular formula is C16H21NO3. The number of likely N-dealkylation sites (tertiary alicyclic amines) is 1. The second-order valence-electron chi connectivity index (χ2n) is 5.35. The van der Waals surface area contributed by atoms with E-state index >= 15 is 0 Å². The van der Waals surface area contributed by atoms with E-state index < -0.39 is 6.04 Å². The number of carbonyl (C=O) groups excluding carboxylic acids is 2. The van der Waals surface area contributed by atoms with Crippen molar-refractivity contribution in [2.24, 2.45) is 0 Å². The van der Waals surface area contributed by atoms with Gasteiger partial charge in [0.1, 0.15) is 6.04 Å². The Bertz CT molecular complexity index is 524. The third kappa shape index (κ3) is 2.84. The van der Waals surface area contributed by atoms with E-state index in [1.807, 2.05) is 32.0 Å². The first-order chi connectivity index (χ1) is 9.54. The molecule has 1 aliphatic heterocycles. The van der Waals surface area contributed by atoms with Crippen LogP contribution in [0, 0.1) is 13.8 Å². The Morgan fingerprint density at radius 1 is 1.25 bits per heavy atom. The molecule has 1 aromatic rings. The number of benzene rings is 1. The van der Waals surface area contributed by atoms with E-state index in [0.29, 0.717) is 18.5 Å². The van der Waals surface area contributed by atoms with E-state index in [4.69, 9.17) is 4.74 Å². The van der Waals surface area contributed by atoms with Crippen LogP contribution in [0.2, 0.25) is 0 Å². The van der Waals surface area contributed by atoms with E-state index in [1.54, 1.807) is 4.90 Å². The highest BCUT2D eigenvalue weighted by Gasteiger charge is 2.33. The quantitative estimate of drug-likeness (QED) is 0.779. The number of piperidine rings is 1. The van der Waals surface area contributed by atoms with E-state index in [1.165, 1.54) is 7.11 Å². The Balaban J connectivity index is 2.30. The molecule has 1 saturated heterocycles. The molecule has 0 spiro atoms. The highest BCUT2D eigenvalue weighted by molar-refractivity contribution is 5.98. The number of carbonyl (C=O) groups is 2. The summed E-state index contributed by atoms with van der Waals surface area (Å²) in [5.41, 5.74) is 2.67. The molecule has 4 heteroatoms. The maximum Gasteiger partial charge on any atom is 0.328 e. The van der Waals surface area contributed by atoms with Gasteiger partial charge in [-0.3, -0.25) is 4.79 Å². The van der Waals surface area contributed by atoms with Crippen molar-refractivity contribution in [1.29, 1.82) is 0 Å². The Morgan fingerprint density at radius 2 is 2.00 bits per heavy atom. The fourth-order valence-electron chi connectivity index (χ4n) is 2.68. The van der Waals surface area contributed by atoms with Crippen molar-refractivity contribution in [2.75, 3.05) is 13.7 Å². The number of nitrogens with zero attached hydrogens (tertiary/aromatic N) is 1.